The molecule has 0 radical (unpaired) electrons. The Morgan fingerprint density at radius 2 is 2.24 bits per heavy atom. The van der Waals surface area contributed by atoms with Gasteiger partial charge in [-0.15, -0.1) is 10.2 Å². The summed E-state index contributed by atoms with van der Waals surface area (Å²) in [5, 5.41) is 10.7. The van der Waals surface area contributed by atoms with E-state index >= 15 is 0 Å². The van der Waals surface area contributed by atoms with Crippen molar-refractivity contribution in [2.75, 3.05) is 11.1 Å². The Balaban J connectivity index is 2.22. The van der Waals surface area contributed by atoms with Gasteiger partial charge in [0.15, 0.2) is 0 Å². The molecule has 2 aromatic rings. The third-order valence-electron chi connectivity index (χ3n) is 1.83. The van der Waals surface area contributed by atoms with Gasteiger partial charge < -0.3 is 5.73 Å². The van der Waals surface area contributed by atoms with Crippen molar-refractivity contribution >= 4 is 66.0 Å². The van der Waals surface area contributed by atoms with Crippen molar-refractivity contribution in [2.24, 2.45) is 0 Å². The van der Waals surface area contributed by atoms with E-state index in [1.165, 1.54) is 0 Å². The van der Waals surface area contributed by atoms with Gasteiger partial charge in [-0.05, 0) is 40.8 Å². The fraction of sp³-hybridized carbons (Fsp3) is 0. The number of benzene rings is 1. The Kier molecular flexibility index (Phi) is 3.94. The number of nitrogen functional groups attached to an aromatic ring is 1. The number of hydrogen-bond donors (Lipinski definition) is 2. The molecule has 3 N–H and O–H groups in total. The fourth-order valence-electron chi connectivity index (χ4n) is 1.12. The summed E-state index contributed by atoms with van der Waals surface area (Å²) in [7, 11) is 0. The van der Waals surface area contributed by atoms with Crippen LogP contribution in [0.1, 0.15) is 10.4 Å². The third-order valence-corrected chi connectivity index (χ3v) is 3.94. The molecule has 1 heterocycles. The molecule has 0 aliphatic carbocycles. The lowest BCUT2D eigenvalue weighted by Gasteiger charge is -2.04. The average molecular weight is 425 g/mol. The zero-order valence-corrected chi connectivity index (χ0v) is 12.8. The molecule has 0 saturated heterocycles. The van der Waals surface area contributed by atoms with Gasteiger partial charge in [-0.3, -0.25) is 10.1 Å². The van der Waals surface area contributed by atoms with Gasteiger partial charge >= 0.3 is 0 Å². The lowest BCUT2D eigenvalue weighted by molar-refractivity contribution is 0.102. The maximum absolute atomic E-state index is 12.0. The summed E-state index contributed by atoms with van der Waals surface area (Å²) in [4.78, 5) is 12.0. The van der Waals surface area contributed by atoms with Crippen LogP contribution in [0.15, 0.2) is 22.7 Å². The Morgan fingerprint density at radius 1 is 1.47 bits per heavy atom. The second-order valence-corrected chi connectivity index (χ2v) is 6.11. The summed E-state index contributed by atoms with van der Waals surface area (Å²) in [6, 6.07) is 5.48. The molecule has 0 aliphatic rings. The van der Waals surface area contributed by atoms with Crippen LogP contribution in [0.3, 0.4) is 0 Å². The summed E-state index contributed by atoms with van der Waals surface area (Å²) >= 11 is 6.56. The number of carbonyl (C=O) groups is 1. The minimum absolute atomic E-state index is 0.230. The van der Waals surface area contributed by atoms with Gasteiger partial charge in [-0.2, -0.15) is 0 Å². The monoisotopic (exact) mass is 424 g/mol. The first kappa shape index (κ1) is 12.7. The minimum Gasteiger partial charge on any atom is -0.374 e. The third kappa shape index (κ3) is 3.13. The molecule has 0 atom stereocenters. The van der Waals surface area contributed by atoms with E-state index < -0.39 is 0 Å². The molecule has 1 aromatic heterocycles. The first-order valence-electron chi connectivity index (χ1n) is 4.41. The smallest absolute Gasteiger partial charge is 0.258 e. The van der Waals surface area contributed by atoms with Gasteiger partial charge in [0.1, 0.15) is 0 Å². The summed E-state index contributed by atoms with van der Waals surface area (Å²) < 4.78 is 1.71. The highest BCUT2D eigenvalue weighted by atomic mass is 127. The van der Waals surface area contributed by atoms with Gasteiger partial charge in [0.2, 0.25) is 10.3 Å². The number of amides is 1. The molecule has 0 saturated carbocycles. The zero-order valence-electron chi connectivity index (χ0n) is 8.28. The number of nitrogens with zero attached hydrogens (tertiary/aromatic N) is 2. The highest BCUT2D eigenvalue weighted by Gasteiger charge is 2.12. The molecule has 0 fully saturated rings. The molecule has 0 spiro atoms. The Bertz CT molecular complexity index is 574. The van der Waals surface area contributed by atoms with Crippen molar-refractivity contribution in [2.45, 2.75) is 0 Å². The van der Waals surface area contributed by atoms with E-state index in [4.69, 9.17) is 5.73 Å². The van der Waals surface area contributed by atoms with Crippen LogP contribution in [0, 0.1) is 3.57 Å². The van der Waals surface area contributed by atoms with Crippen molar-refractivity contribution < 1.29 is 4.79 Å². The number of nitrogens with one attached hydrogen (secondary N) is 1. The SMILES string of the molecule is Nc1nnc(NC(=O)c2cc(Br)ccc2I)s1. The molecular weight excluding hydrogens is 419 g/mol. The summed E-state index contributed by atoms with van der Waals surface area (Å²) in [6.07, 6.45) is 0. The highest BCUT2D eigenvalue weighted by Crippen LogP contribution is 2.21. The number of hydrogen-bond acceptors (Lipinski definition) is 5. The molecule has 88 valence electrons. The van der Waals surface area contributed by atoms with E-state index in [2.05, 4.69) is 54.0 Å². The summed E-state index contributed by atoms with van der Waals surface area (Å²) in [5.74, 6) is -0.230. The molecule has 8 heteroatoms. The van der Waals surface area contributed by atoms with Crippen LogP contribution in [0.25, 0.3) is 0 Å². The van der Waals surface area contributed by atoms with E-state index in [0.29, 0.717) is 15.8 Å². The number of anilines is 2. The van der Waals surface area contributed by atoms with Gasteiger partial charge in [-0.25, -0.2) is 0 Å². The van der Waals surface area contributed by atoms with Crippen LogP contribution in [-0.4, -0.2) is 16.1 Å². The van der Waals surface area contributed by atoms with Crippen LogP contribution in [-0.2, 0) is 0 Å². The van der Waals surface area contributed by atoms with Crippen LogP contribution in [0.2, 0.25) is 0 Å². The predicted octanol–water partition coefficient (Wildman–Crippen LogP) is 2.74. The maximum Gasteiger partial charge on any atom is 0.258 e. The Hall–Kier alpha value is -0.740. The standard InChI is InChI=1S/C9H6BrIN4OS/c10-4-1-2-6(11)5(3-4)7(16)13-9-15-14-8(12)17-9/h1-3H,(H2,12,14)(H,13,15,16). The minimum atomic E-state index is -0.230. The quantitative estimate of drug-likeness (QED) is 0.726. The molecule has 1 amide bonds. The molecule has 5 nitrogen and oxygen atoms in total. The Morgan fingerprint density at radius 3 is 2.88 bits per heavy atom. The van der Waals surface area contributed by atoms with Crippen LogP contribution >= 0.6 is 49.9 Å². The number of carbonyl (C=O) groups excluding carboxylic acids is 1. The van der Waals surface area contributed by atoms with E-state index in [-0.39, 0.29) is 5.91 Å². The molecule has 0 aliphatic heterocycles. The fourth-order valence-corrected chi connectivity index (χ4v) is 2.57. The molecule has 17 heavy (non-hydrogen) atoms. The van der Waals surface area contributed by atoms with Crippen LogP contribution in [0.4, 0.5) is 10.3 Å². The molecular formula is C9H6BrIN4OS. The van der Waals surface area contributed by atoms with Gasteiger partial charge in [-0.1, -0.05) is 27.3 Å². The van der Waals surface area contributed by atoms with Crippen molar-refractivity contribution in [3.63, 3.8) is 0 Å². The number of nitrogens with two attached hydrogens (primary N) is 1. The van der Waals surface area contributed by atoms with E-state index in [0.717, 1.165) is 19.4 Å². The number of rotatable bonds is 2. The largest absolute Gasteiger partial charge is 0.374 e. The van der Waals surface area contributed by atoms with Crippen molar-refractivity contribution in [1.29, 1.82) is 0 Å². The van der Waals surface area contributed by atoms with Crippen molar-refractivity contribution in [1.82, 2.24) is 10.2 Å². The first-order chi connectivity index (χ1) is 8.06. The predicted molar refractivity (Wildman–Crippen MR) is 79.1 cm³/mol. The van der Waals surface area contributed by atoms with E-state index in [1.807, 2.05) is 12.1 Å². The lowest BCUT2D eigenvalue weighted by atomic mass is 10.2. The lowest BCUT2D eigenvalue weighted by Crippen LogP contribution is -2.13. The van der Waals surface area contributed by atoms with Gasteiger partial charge in [0, 0.05) is 8.04 Å². The molecule has 0 unspecified atom stereocenters. The topological polar surface area (TPSA) is 80.9 Å². The van der Waals surface area contributed by atoms with Crippen molar-refractivity contribution in [3.8, 4) is 0 Å². The first-order valence-corrected chi connectivity index (χ1v) is 7.10. The van der Waals surface area contributed by atoms with E-state index in [9.17, 15) is 4.79 Å². The summed E-state index contributed by atoms with van der Waals surface area (Å²) in [6.45, 7) is 0. The second kappa shape index (κ2) is 5.27. The molecule has 2 rings (SSSR count). The van der Waals surface area contributed by atoms with Crippen molar-refractivity contribution in [3.05, 3.63) is 31.8 Å². The highest BCUT2D eigenvalue weighted by molar-refractivity contribution is 14.1. The average Bonchev–Trinajstić information content (AvgIpc) is 2.67. The summed E-state index contributed by atoms with van der Waals surface area (Å²) in [5.41, 5.74) is 6.01. The Labute approximate surface area is 123 Å². The van der Waals surface area contributed by atoms with Gasteiger partial charge in [0.05, 0.1) is 5.56 Å². The molecule has 0 bridgehead atoms. The maximum atomic E-state index is 12.0. The normalized spacial score (nSPS) is 10.2. The number of halogens is 2. The van der Waals surface area contributed by atoms with Crippen LogP contribution < -0.4 is 11.1 Å². The number of aromatic nitrogens is 2. The van der Waals surface area contributed by atoms with Gasteiger partial charge in [0.25, 0.3) is 5.91 Å². The van der Waals surface area contributed by atoms with Crippen LogP contribution in [0.5, 0.6) is 0 Å². The molecule has 1 aromatic carbocycles. The zero-order chi connectivity index (χ0) is 12.4. The second-order valence-electron chi connectivity index (χ2n) is 3.02. The van der Waals surface area contributed by atoms with E-state index in [1.54, 1.807) is 6.07 Å².